The number of rotatable bonds is 9. The standard InChI is InChI=1S/C17H21N3O4S/c1-24-17-8-6-16(7-9-17)19-18-13-15-5-4-11-20(14-15)10-2-3-12-25(21,22)23/h4-9,11,13-14,19H,2-3,10,12H2,1H3/p+1. The van der Waals surface area contributed by atoms with Crippen LogP contribution in [-0.4, -0.2) is 32.0 Å². The van der Waals surface area contributed by atoms with Gasteiger partial charge < -0.3 is 4.74 Å². The van der Waals surface area contributed by atoms with Crippen LogP contribution >= 0.6 is 0 Å². The van der Waals surface area contributed by atoms with E-state index in [0.717, 1.165) is 17.0 Å². The van der Waals surface area contributed by atoms with E-state index < -0.39 is 10.1 Å². The van der Waals surface area contributed by atoms with E-state index in [1.54, 1.807) is 13.3 Å². The molecule has 0 aliphatic heterocycles. The lowest BCUT2D eigenvalue weighted by Crippen LogP contribution is -2.33. The van der Waals surface area contributed by atoms with Gasteiger partial charge in [0, 0.05) is 12.5 Å². The number of unbranched alkanes of at least 4 members (excludes halogenated alkanes) is 1. The molecule has 2 aromatic rings. The molecule has 2 N–H and O–H groups in total. The highest BCUT2D eigenvalue weighted by molar-refractivity contribution is 7.85. The molecule has 0 radical (unpaired) electrons. The number of ether oxygens (including phenoxy) is 1. The number of hydrogen-bond donors (Lipinski definition) is 2. The van der Waals surface area contributed by atoms with E-state index in [0.29, 0.717) is 19.4 Å². The first kappa shape index (κ1) is 18.9. The predicted octanol–water partition coefficient (Wildman–Crippen LogP) is 2.10. The van der Waals surface area contributed by atoms with Crippen LogP contribution in [0.2, 0.25) is 0 Å². The number of aromatic nitrogens is 1. The summed E-state index contributed by atoms with van der Waals surface area (Å²) in [6, 6.07) is 11.3. The molecule has 1 heterocycles. The topological polar surface area (TPSA) is 91.9 Å². The molecular formula is C17H22N3O4S+. The Balaban J connectivity index is 1.85. The highest BCUT2D eigenvalue weighted by Crippen LogP contribution is 2.14. The number of aryl methyl sites for hydroxylation is 1. The first-order valence-electron chi connectivity index (χ1n) is 7.84. The summed E-state index contributed by atoms with van der Waals surface area (Å²) in [5.74, 6) is 0.577. The zero-order valence-corrected chi connectivity index (χ0v) is 14.8. The van der Waals surface area contributed by atoms with E-state index in [4.69, 9.17) is 9.29 Å². The van der Waals surface area contributed by atoms with E-state index in [-0.39, 0.29) is 5.75 Å². The Hall–Kier alpha value is -2.45. The van der Waals surface area contributed by atoms with E-state index in [2.05, 4.69) is 10.5 Å². The van der Waals surface area contributed by atoms with Gasteiger partial charge in [0.1, 0.15) is 12.3 Å². The molecule has 0 amide bonds. The molecule has 0 saturated carbocycles. The van der Waals surface area contributed by atoms with Gasteiger partial charge in [0.15, 0.2) is 12.4 Å². The van der Waals surface area contributed by atoms with Crippen LogP contribution in [0.1, 0.15) is 18.4 Å². The van der Waals surface area contributed by atoms with Gasteiger partial charge in [-0.1, -0.05) is 0 Å². The Labute approximate surface area is 147 Å². The number of anilines is 1. The molecule has 0 saturated heterocycles. The summed E-state index contributed by atoms with van der Waals surface area (Å²) in [6.45, 7) is 0.670. The molecule has 0 unspecified atom stereocenters. The normalized spacial score (nSPS) is 11.6. The lowest BCUT2D eigenvalue weighted by atomic mass is 10.3. The maximum Gasteiger partial charge on any atom is 0.264 e. The van der Waals surface area contributed by atoms with Gasteiger partial charge in [-0.15, -0.1) is 0 Å². The predicted molar refractivity (Wildman–Crippen MR) is 96.5 cm³/mol. The van der Waals surface area contributed by atoms with Gasteiger partial charge in [0.05, 0.1) is 30.3 Å². The molecular weight excluding hydrogens is 342 g/mol. The van der Waals surface area contributed by atoms with Gasteiger partial charge in [-0.2, -0.15) is 13.5 Å². The summed E-state index contributed by atoms with van der Waals surface area (Å²) < 4.78 is 37.1. The van der Waals surface area contributed by atoms with Gasteiger partial charge in [0.25, 0.3) is 10.1 Å². The second kappa shape index (κ2) is 9.14. The van der Waals surface area contributed by atoms with Gasteiger partial charge in [-0.25, -0.2) is 4.57 Å². The first-order valence-corrected chi connectivity index (χ1v) is 9.44. The van der Waals surface area contributed by atoms with Crippen LogP contribution in [0.3, 0.4) is 0 Å². The average Bonchev–Trinajstić information content (AvgIpc) is 2.59. The number of benzene rings is 1. The van der Waals surface area contributed by atoms with Crippen molar-refractivity contribution in [3.05, 3.63) is 54.4 Å². The number of hydrazone groups is 1. The highest BCUT2D eigenvalue weighted by Gasteiger charge is 2.06. The van der Waals surface area contributed by atoms with Crippen molar-refractivity contribution in [3.8, 4) is 5.75 Å². The molecule has 25 heavy (non-hydrogen) atoms. The van der Waals surface area contributed by atoms with Crippen molar-refractivity contribution in [2.45, 2.75) is 19.4 Å². The lowest BCUT2D eigenvalue weighted by Gasteiger charge is -2.02. The quantitative estimate of drug-likeness (QED) is 0.234. The monoisotopic (exact) mass is 364 g/mol. The molecule has 8 heteroatoms. The Bertz CT molecular complexity index is 805. The average molecular weight is 364 g/mol. The van der Waals surface area contributed by atoms with Crippen molar-refractivity contribution >= 4 is 22.0 Å². The molecule has 134 valence electrons. The fourth-order valence-electron chi connectivity index (χ4n) is 2.18. The van der Waals surface area contributed by atoms with Crippen molar-refractivity contribution in [2.24, 2.45) is 5.10 Å². The largest absolute Gasteiger partial charge is 0.497 e. The molecule has 1 aromatic heterocycles. The zero-order chi connectivity index (χ0) is 18.1. The molecule has 0 spiro atoms. The van der Waals surface area contributed by atoms with E-state index in [9.17, 15) is 8.42 Å². The first-order chi connectivity index (χ1) is 12.0. The molecule has 0 atom stereocenters. The van der Waals surface area contributed by atoms with Crippen molar-refractivity contribution < 1.29 is 22.3 Å². The van der Waals surface area contributed by atoms with E-state index >= 15 is 0 Å². The van der Waals surface area contributed by atoms with Gasteiger partial charge in [-0.05, 0) is 36.8 Å². The number of pyridine rings is 1. The molecule has 0 aliphatic carbocycles. The smallest absolute Gasteiger partial charge is 0.264 e. The summed E-state index contributed by atoms with van der Waals surface area (Å²) in [7, 11) is -2.26. The van der Waals surface area contributed by atoms with Crippen LogP contribution in [0.4, 0.5) is 5.69 Å². The Morgan fingerprint density at radius 1 is 1.24 bits per heavy atom. The van der Waals surface area contributed by atoms with Crippen LogP contribution in [0.15, 0.2) is 53.9 Å². The lowest BCUT2D eigenvalue weighted by molar-refractivity contribution is -0.697. The minimum Gasteiger partial charge on any atom is -0.497 e. The van der Waals surface area contributed by atoms with Gasteiger partial charge >= 0.3 is 0 Å². The summed E-state index contributed by atoms with van der Waals surface area (Å²) in [4.78, 5) is 0. The zero-order valence-electron chi connectivity index (χ0n) is 14.0. The van der Waals surface area contributed by atoms with Crippen LogP contribution < -0.4 is 14.7 Å². The Morgan fingerprint density at radius 2 is 2.00 bits per heavy atom. The number of methoxy groups -OCH3 is 1. The second-order valence-electron chi connectivity index (χ2n) is 5.47. The molecule has 0 bridgehead atoms. The molecule has 0 aliphatic rings. The maximum absolute atomic E-state index is 10.7. The second-order valence-corrected chi connectivity index (χ2v) is 7.04. The highest BCUT2D eigenvalue weighted by atomic mass is 32.2. The third kappa shape index (κ3) is 7.32. The fourth-order valence-corrected chi connectivity index (χ4v) is 2.75. The van der Waals surface area contributed by atoms with Gasteiger partial charge in [0.2, 0.25) is 0 Å². The third-order valence-corrected chi connectivity index (χ3v) is 4.25. The van der Waals surface area contributed by atoms with Crippen molar-refractivity contribution in [2.75, 3.05) is 18.3 Å². The van der Waals surface area contributed by atoms with Gasteiger partial charge in [-0.3, -0.25) is 9.98 Å². The number of hydrogen-bond acceptors (Lipinski definition) is 5. The summed E-state index contributed by atoms with van der Waals surface area (Å²) in [5, 5.41) is 4.20. The summed E-state index contributed by atoms with van der Waals surface area (Å²) >= 11 is 0. The van der Waals surface area contributed by atoms with Crippen LogP contribution in [0, 0.1) is 0 Å². The molecule has 1 aromatic carbocycles. The van der Waals surface area contributed by atoms with Crippen LogP contribution in [-0.2, 0) is 16.7 Å². The molecule has 2 rings (SSSR count). The molecule has 7 nitrogen and oxygen atoms in total. The Kier molecular flexibility index (Phi) is 6.91. The SMILES string of the molecule is COc1ccc(NN=Cc2ccc[n+](CCCCS(=O)(=O)O)c2)cc1. The van der Waals surface area contributed by atoms with Crippen molar-refractivity contribution in [3.63, 3.8) is 0 Å². The number of nitrogens with zero attached hydrogens (tertiary/aromatic N) is 2. The number of nitrogens with one attached hydrogen (secondary N) is 1. The maximum atomic E-state index is 10.7. The fraction of sp³-hybridized carbons (Fsp3) is 0.294. The van der Waals surface area contributed by atoms with E-state index in [1.807, 2.05) is 53.4 Å². The van der Waals surface area contributed by atoms with Crippen molar-refractivity contribution in [1.29, 1.82) is 0 Å². The minimum atomic E-state index is -3.88. The summed E-state index contributed by atoms with van der Waals surface area (Å²) in [5.41, 5.74) is 4.71. The van der Waals surface area contributed by atoms with E-state index in [1.165, 1.54) is 0 Å². The molecule has 0 fully saturated rings. The van der Waals surface area contributed by atoms with Crippen LogP contribution in [0.5, 0.6) is 5.75 Å². The van der Waals surface area contributed by atoms with Crippen LogP contribution in [0.25, 0.3) is 0 Å². The Morgan fingerprint density at radius 3 is 2.68 bits per heavy atom. The van der Waals surface area contributed by atoms with Crippen molar-refractivity contribution in [1.82, 2.24) is 0 Å². The third-order valence-electron chi connectivity index (χ3n) is 3.45. The summed E-state index contributed by atoms with van der Waals surface area (Å²) in [6.07, 6.45) is 6.62. The minimum absolute atomic E-state index is 0.208.